The van der Waals surface area contributed by atoms with E-state index in [1.54, 1.807) is 24.3 Å². The van der Waals surface area contributed by atoms with Gasteiger partial charge in [-0.1, -0.05) is 48.5 Å². The number of allylic oxidation sites excluding steroid dienone is 5. The van der Waals surface area contributed by atoms with Gasteiger partial charge in [-0.05, 0) is 94.1 Å². The quantitative estimate of drug-likeness (QED) is 0.152. The molecule has 0 saturated carbocycles. The maximum atomic E-state index is 11.9. The summed E-state index contributed by atoms with van der Waals surface area (Å²) in [6.07, 6.45) is 8.33. The molecule has 0 aromatic heterocycles. The second-order valence-electron chi connectivity index (χ2n) is 11.9. The number of rotatable bonds is 10. The van der Waals surface area contributed by atoms with Crippen molar-refractivity contribution in [3.63, 3.8) is 0 Å². The molecule has 248 valence electrons. The molecule has 0 heterocycles. The molecular weight excluding hydrogens is 647 g/mol. The molecule has 0 saturated heterocycles. The molecule has 0 fully saturated rings. The minimum atomic E-state index is -4.43. The van der Waals surface area contributed by atoms with Crippen molar-refractivity contribution >= 4 is 42.9 Å². The van der Waals surface area contributed by atoms with Gasteiger partial charge in [0.15, 0.2) is 5.71 Å². The Bertz CT molecular complexity index is 2080. The van der Waals surface area contributed by atoms with Crippen molar-refractivity contribution in [3.8, 4) is 0 Å². The zero-order chi connectivity index (χ0) is 34.6. The Kier molecular flexibility index (Phi) is 10.2. The van der Waals surface area contributed by atoms with Crippen molar-refractivity contribution in [2.24, 2.45) is 0 Å². The van der Waals surface area contributed by atoms with E-state index < -0.39 is 20.2 Å². The predicted molar refractivity (Wildman–Crippen MR) is 191 cm³/mol. The Morgan fingerprint density at radius 3 is 1.62 bits per heavy atom. The Balaban J connectivity index is 1.64. The summed E-state index contributed by atoms with van der Waals surface area (Å²) in [6.45, 7) is 0.459. The second kappa shape index (κ2) is 14.1. The van der Waals surface area contributed by atoms with Crippen molar-refractivity contribution in [3.05, 3.63) is 149 Å². The Labute approximate surface area is 282 Å². The number of hydrogen-bond donors (Lipinski definition) is 2. The summed E-state index contributed by atoms with van der Waals surface area (Å²) in [7, 11) is -0.871. The van der Waals surface area contributed by atoms with Gasteiger partial charge in [-0.25, -0.2) is 4.58 Å². The van der Waals surface area contributed by atoms with Gasteiger partial charge in [-0.3, -0.25) is 9.11 Å². The molecular formula is C37H38N3O6S2+. The number of hydrogen-bond acceptors (Lipinski definition) is 6. The highest BCUT2D eigenvalue weighted by Crippen LogP contribution is 2.34. The molecule has 0 aliphatic heterocycles. The number of nitrogens with zero attached hydrogens (tertiary/aromatic N) is 3. The molecule has 1 aliphatic carbocycles. The second-order valence-corrected chi connectivity index (χ2v) is 14.8. The van der Waals surface area contributed by atoms with Gasteiger partial charge in [-0.2, -0.15) is 16.8 Å². The summed E-state index contributed by atoms with van der Waals surface area (Å²) in [5.41, 5.74) is 8.13. The first-order chi connectivity index (χ1) is 22.7. The summed E-state index contributed by atoms with van der Waals surface area (Å²) in [4.78, 5) is 3.58. The van der Waals surface area contributed by atoms with Gasteiger partial charge in [0.25, 0.3) is 20.2 Å². The molecule has 0 unspecified atom stereocenters. The van der Waals surface area contributed by atoms with Crippen LogP contribution in [0.1, 0.15) is 22.3 Å². The first-order valence-electron chi connectivity index (χ1n) is 15.1. The lowest BCUT2D eigenvalue weighted by molar-refractivity contribution is -0.462. The minimum Gasteiger partial charge on any atom is -0.378 e. The molecule has 5 rings (SSSR count). The molecule has 0 atom stereocenters. The summed E-state index contributed by atoms with van der Waals surface area (Å²) in [5, 5.41) is 0. The van der Waals surface area contributed by atoms with Gasteiger partial charge in [0.05, 0.1) is 9.79 Å². The molecule has 4 aromatic rings. The number of benzene rings is 4. The first-order valence-corrected chi connectivity index (χ1v) is 18.0. The normalized spacial score (nSPS) is 13.0. The molecule has 1 aliphatic rings. The van der Waals surface area contributed by atoms with Crippen LogP contribution in [-0.4, -0.2) is 64.4 Å². The Morgan fingerprint density at radius 2 is 1.15 bits per heavy atom. The average molecular weight is 685 g/mol. The summed E-state index contributed by atoms with van der Waals surface area (Å²) < 4.78 is 69.1. The van der Waals surface area contributed by atoms with Crippen LogP contribution in [0.5, 0.6) is 0 Å². The van der Waals surface area contributed by atoms with Gasteiger partial charge in [-0.15, -0.1) is 0 Å². The van der Waals surface area contributed by atoms with Crippen LogP contribution in [-0.2, 0) is 33.3 Å². The highest BCUT2D eigenvalue weighted by atomic mass is 32.2. The topological polar surface area (TPSA) is 118 Å². The van der Waals surface area contributed by atoms with Crippen LogP contribution < -0.4 is 9.80 Å². The zero-order valence-electron chi connectivity index (χ0n) is 27.1. The maximum absolute atomic E-state index is 11.9. The van der Waals surface area contributed by atoms with Crippen LogP contribution in [0.2, 0.25) is 0 Å². The third kappa shape index (κ3) is 8.36. The molecule has 11 heteroatoms. The van der Waals surface area contributed by atoms with Crippen LogP contribution in [0.4, 0.5) is 11.4 Å². The van der Waals surface area contributed by atoms with Crippen molar-refractivity contribution in [1.82, 2.24) is 0 Å². The molecule has 9 nitrogen and oxygen atoms in total. The number of anilines is 2. The molecule has 48 heavy (non-hydrogen) atoms. The lowest BCUT2D eigenvalue weighted by Crippen LogP contribution is -2.22. The van der Waals surface area contributed by atoms with Crippen LogP contribution in [0.3, 0.4) is 0 Å². The minimum absolute atomic E-state index is 0.222. The predicted octanol–water partition coefficient (Wildman–Crippen LogP) is 6.09. The van der Waals surface area contributed by atoms with Crippen molar-refractivity contribution < 1.29 is 30.5 Å². The third-order valence-corrected chi connectivity index (χ3v) is 9.68. The molecule has 0 spiro atoms. The summed E-state index contributed by atoms with van der Waals surface area (Å²) >= 11 is 0. The van der Waals surface area contributed by atoms with Gasteiger partial charge < -0.3 is 9.80 Å². The maximum Gasteiger partial charge on any atom is 0.294 e. The van der Waals surface area contributed by atoms with Gasteiger partial charge in [0, 0.05) is 50.7 Å². The molecule has 2 N–H and O–H groups in total. The van der Waals surface area contributed by atoms with Crippen LogP contribution in [0, 0.1) is 0 Å². The molecule has 0 amide bonds. The molecule has 0 bridgehead atoms. The van der Waals surface area contributed by atoms with Crippen molar-refractivity contribution in [2.45, 2.75) is 22.9 Å². The fraction of sp³-hybridized carbons (Fsp3) is 0.162. The monoisotopic (exact) mass is 684 g/mol. The molecule has 0 radical (unpaired) electrons. The van der Waals surface area contributed by atoms with E-state index in [0.29, 0.717) is 11.1 Å². The molecule has 4 aromatic carbocycles. The SMILES string of the molecule is CN(C)c1ccc(C(=C2C=CC(=[N+](C)C)C=C2)c2cccc(N(Cc3cccc(S(=O)(=O)O)c3)Cc3cccc(S(=O)(=O)O)c3)c2)cc1. The first kappa shape index (κ1) is 34.5. The zero-order valence-corrected chi connectivity index (χ0v) is 28.8. The van der Waals surface area contributed by atoms with Gasteiger partial charge in [0.2, 0.25) is 0 Å². The average Bonchev–Trinajstić information content (AvgIpc) is 3.05. The smallest absolute Gasteiger partial charge is 0.294 e. The van der Waals surface area contributed by atoms with Gasteiger partial charge in [0.1, 0.15) is 14.1 Å². The van der Waals surface area contributed by atoms with Crippen LogP contribution >= 0.6 is 0 Å². The van der Waals surface area contributed by atoms with E-state index in [1.807, 2.05) is 66.8 Å². The van der Waals surface area contributed by atoms with Crippen molar-refractivity contribution in [1.29, 1.82) is 0 Å². The Morgan fingerprint density at radius 1 is 0.625 bits per heavy atom. The van der Waals surface area contributed by atoms with E-state index in [1.165, 1.54) is 24.3 Å². The van der Waals surface area contributed by atoms with E-state index in [0.717, 1.165) is 39.4 Å². The van der Waals surface area contributed by atoms with E-state index in [-0.39, 0.29) is 22.9 Å². The van der Waals surface area contributed by atoms with E-state index in [2.05, 4.69) is 48.6 Å². The lowest BCUT2D eigenvalue weighted by atomic mass is 9.90. The highest BCUT2D eigenvalue weighted by Gasteiger charge is 2.18. The summed E-state index contributed by atoms with van der Waals surface area (Å²) in [6, 6.07) is 28.4. The van der Waals surface area contributed by atoms with E-state index in [9.17, 15) is 25.9 Å². The highest BCUT2D eigenvalue weighted by molar-refractivity contribution is 7.86. The van der Waals surface area contributed by atoms with E-state index >= 15 is 0 Å². The van der Waals surface area contributed by atoms with Crippen molar-refractivity contribution in [2.75, 3.05) is 38.0 Å². The Hall–Kier alpha value is -4.81. The fourth-order valence-corrected chi connectivity index (χ4v) is 6.60. The summed E-state index contributed by atoms with van der Waals surface area (Å²) in [5.74, 6) is 0. The van der Waals surface area contributed by atoms with Crippen LogP contribution in [0.15, 0.2) is 137 Å². The van der Waals surface area contributed by atoms with Gasteiger partial charge >= 0.3 is 0 Å². The standard InChI is InChI=1S/C37H37N3O6S2/c1-38(2)32-18-14-29(15-19-32)37(30-16-20-33(21-17-30)39(3)4)31-10-7-11-34(24-31)40(25-27-8-5-12-35(22-27)47(41,42)43)26-28-9-6-13-36(23-28)48(44,45)46/h5-24H,25-26H2,1-4H3,(H-,41,42,43,44,45,46)/p+1. The third-order valence-electron chi connectivity index (χ3n) is 7.98. The fourth-order valence-electron chi connectivity index (χ4n) is 5.50. The largest absolute Gasteiger partial charge is 0.378 e. The lowest BCUT2D eigenvalue weighted by Gasteiger charge is -2.27. The van der Waals surface area contributed by atoms with E-state index in [4.69, 9.17) is 0 Å². The van der Waals surface area contributed by atoms with Crippen LogP contribution in [0.25, 0.3) is 5.57 Å².